The van der Waals surface area contributed by atoms with Crippen molar-refractivity contribution in [3.05, 3.63) is 35.6 Å². The lowest BCUT2D eigenvalue weighted by atomic mass is 9.80. The molecule has 0 aromatic heterocycles. The Balaban J connectivity index is 1.76. The zero-order chi connectivity index (χ0) is 14.8. The minimum Gasteiger partial charge on any atom is -0.393 e. The second-order valence-corrected chi connectivity index (χ2v) is 6.23. The highest BCUT2D eigenvalue weighted by Crippen LogP contribution is 2.35. The summed E-state index contributed by atoms with van der Waals surface area (Å²) in [6.07, 6.45) is 5.73. The van der Waals surface area contributed by atoms with Gasteiger partial charge in [0, 0.05) is 24.1 Å². The molecule has 1 heterocycles. The number of carbonyl (C=O) groups is 1. The van der Waals surface area contributed by atoms with Gasteiger partial charge < -0.3 is 10.0 Å². The summed E-state index contributed by atoms with van der Waals surface area (Å²) in [5.41, 5.74) is 0.536. The predicted molar refractivity (Wildman–Crippen MR) is 78.4 cm³/mol. The maximum absolute atomic E-state index is 13.0. The molecule has 3 rings (SSSR count). The molecular formula is C17H22FNO2. The van der Waals surface area contributed by atoms with E-state index in [2.05, 4.69) is 0 Å². The van der Waals surface area contributed by atoms with Crippen LogP contribution in [0.15, 0.2) is 24.3 Å². The van der Waals surface area contributed by atoms with Crippen LogP contribution in [-0.2, 0) is 0 Å². The van der Waals surface area contributed by atoms with Crippen LogP contribution in [0.5, 0.6) is 0 Å². The van der Waals surface area contributed by atoms with Gasteiger partial charge in [-0.3, -0.25) is 4.79 Å². The first kappa shape index (κ1) is 14.5. The number of carbonyl (C=O) groups excluding carboxylic acids is 1. The van der Waals surface area contributed by atoms with Gasteiger partial charge in [-0.25, -0.2) is 4.39 Å². The number of benzene rings is 1. The summed E-state index contributed by atoms with van der Waals surface area (Å²) in [6, 6.07) is 5.88. The Hall–Kier alpha value is -1.42. The van der Waals surface area contributed by atoms with Gasteiger partial charge in [-0.05, 0) is 49.9 Å². The van der Waals surface area contributed by atoms with E-state index in [-0.39, 0.29) is 29.8 Å². The molecule has 1 amide bonds. The first-order valence-corrected chi connectivity index (χ1v) is 7.91. The highest BCUT2D eigenvalue weighted by atomic mass is 19.1. The van der Waals surface area contributed by atoms with E-state index in [1.807, 2.05) is 4.90 Å². The standard InChI is InChI=1S/C17H22FNO2/c18-13-9-7-12(8-10-13)17(21)19-11-3-5-15(19)14-4-1-2-6-16(14)20/h7-10,14-16,20H,1-6,11H2. The molecular weight excluding hydrogens is 269 g/mol. The molecule has 0 radical (unpaired) electrons. The molecule has 1 aliphatic heterocycles. The van der Waals surface area contributed by atoms with E-state index >= 15 is 0 Å². The quantitative estimate of drug-likeness (QED) is 0.910. The van der Waals surface area contributed by atoms with Crippen molar-refractivity contribution in [1.29, 1.82) is 0 Å². The number of amides is 1. The first-order chi connectivity index (χ1) is 10.2. The summed E-state index contributed by atoms with van der Waals surface area (Å²) in [5, 5.41) is 10.2. The Morgan fingerprint density at radius 3 is 2.52 bits per heavy atom. The van der Waals surface area contributed by atoms with Crippen molar-refractivity contribution in [2.45, 2.75) is 50.7 Å². The summed E-state index contributed by atoms with van der Waals surface area (Å²) < 4.78 is 13.0. The van der Waals surface area contributed by atoms with Gasteiger partial charge in [0.1, 0.15) is 5.82 Å². The van der Waals surface area contributed by atoms with Crippen LogP contribution in [0.1, 0.15) is 48.9 Å². The fraction of sp³-hybridized carbons (Fsp3) is 0.588. The van der Waals surface area contributed by atoms with Gasteiger partial charge in [0.15, 0.2) is 0 Å². The Kier molecular flexibility index (Phi) is 4.24. The third-order valence-corrected chi connectivity index (χ3v) is 4.93. The molecule has 114 valence electrons. The number of aliphatic hydroxyl groups excluding tert-OH is 1. The van der Waals surface area contributed by atoms with Crippen LogP contribution < -0.4 is 0 Å². The molecule has 1 N–H and O–H groups in total. The van der Waals surface area contributed by atoms with Crippen molar-refractivity contribution in [3.63, 3.8) is 0 Å². The van der Waals surface area contributed by atoms with Crippen molar-refractivity contribution in [1.82, 2.24) is 4.90 Å². The molecule has 1 saturated carbocycles. The van der Waals surface area contributed by atoms with E-state index in [4.69, 9.17) is 0 Å². The molecule has 2 fully saturated rings. The molecule has 4 heteroatoms. The van der Waals surface area contributed by atoms with Gasteiger partial charge in [0.05, 0.1) is 6.10 Å². The Morgan fingerprint density at radius 1 is 1.10 bits per heavy atom. The Bertz CT molecular complexity index is 502. The molecule has 1 aromatic rings. The van der Waals surface area contributed by atoms with E-state index < -0.39 is 0 Å². The highest BCUT2D eigenvalue weighted by molar-refractivity contribution is 5.94. The van der Waals surface area contributed by atoms with Crippen molar-refractivity contribution in [2.24, 2.45) is 5.92 Å². The normalized spacial score (nSPS) is 29.6. The fourth-order valence-corrected chi connectivity index (χ4v) is 3.84. The van der Waals surface area contributed by atoms with Crippen LogP contribution in [0.25, 0.3) is 0 Å². The SMILES string of the molecule is O=C(c1ccc(F)cc1)N1CCCC1C1CCCCC1O. The molecule has 1 aromatic carbocycles. The van der Waals surface area contributed by atoms with Crippen molar-refractivity contribution >= 4 is 5.91 Å². The van der Waals surface area contributed by atoms with Gasteiger partial charge in [-0.1, -0.05) is 12.8 Å². The summed E-state index contributed by atoms with van der Waals surface area (Å²) in [7, 11) is 0. The van der Waals surface area contributed by atoms with Crippen molar-refractivity contribution in [2.75, 3.05) is 6.54 Å². The number of nitrogens with zero attached hydrogens (tertiary/aromatic N) is 1. The number of rotatable bonds is 2. The average Bonchev–Trinajstić information content (AvgIpc) is 2.97. The van der Waals surface area contributed by atoms with Crippen LogP contribution in [0.4, 0.5) is 4.39 Å². The summed E-state index contributed by atoms with van der Waals surface area (Å²) >= 11 is 0. The molecule has 3 nitrogen and oxygen atoms in total. The molecule has 3 atom stereocenters. The summed E-state index contributed by atoms with van der Waals surface area (Å²) in [6.45, 7) is 0.740. The van der Waals surface area contributed by atoms with Crippen LogP contribution in [0.3, 0.4) is 0 Å². The Morgan fingerprint density at radius 2 is 1.81 bits per heavy atom. The lowest BCUT2D eigenvalue weighted by molar-refractivity contribution is 0.0211. The molecule has 0 bridgehead atoms. The largest absolute Gasteiger partial charge is 0.393 e. The molecule has 1 aliphatic carbocycles. The summed E-state index contributed by atoms with van der Waals surface area (Å²) in [5.74, 6) is -0.159. The third kappa shape index (κ3) is 2.95. The second-order valence-electron chi connectivity index (χ2n) is 6.23. The molecule has 3 unspecified atom stereocenters. The minimum atomic E-state index is -0.327. The van der Waals surface area contributed by atoms with Gasteiger partial charge >= 0.3 is 0 Å². The minimum absolute atomic E-state index is 0.0322. The lowest BCUT2D eigenvalue weighted by Gasteiger charge is -2.37. The van der Waals surface area contributed by atoms with E-state index in [0.717, 1.165) is 45.1 Å². The lowest BCUT2D eigenvalue weighted by Crippen LogP contribution is -2.45. The third-order valence-electron chi connectivity index (χ3n) is 4.93. The van der Waals surface area contributed by atoms with E-state index in [1.165, 1.54) is 12.1 Å². The molecule has 0 spiro atoms. The molecule has 2 aliphatic rings. The number of halogens is 1. The topological polar surface area (TPSA) is 40.5 Å². The van der Waals surface area contributed by atoms with Crippen molar-refractivity contribution in [3.8, 4) is 0 Å². The van der Waals surface area contributed by atoms with E-state index in [9.17, 15) is 14.3 Å². The monoisotopic (exact) mass is 291 g/mol. The smallest absolute Gasteiger partial charge is 0.254 e. The predicted octanol–water partition coefficient (Wildman–Crippen LogP) is 2.98. The van der Waals surface area contributed by atoms with Crippen LogP contribution in [-0.4, -0.2) is 34.6 Å². The number of hydrogen-bond acceptors (Lipinski definition) is 2. The van der Waals surface area contributed by atoms with Gasteiger partial charge in [0.2, 0.25) is 0 Å². The molecule has 1 saturated heterocycles. The fourth-order valence-electron chi connectivity index (χ4n) is 3.84. The number of aliphatic hydroxyl groups is 1. The molecule has 21 heavy (non-hydrogen) atoms. The Labute approximate surface area is 124 Å². The van der Waals surface area contributed by atoms with Crippen LogP contribution >= 0.6 is 0 Å². The highest BCUT2D eigenvalue weighted by Gasteiger charge is 2.39. The zero-order valence-electron chi connectivity index (χ0n) is 12.2. The average molecular weight is 291 g/mol. The zero-order valence-corrected chi connectivity index (χ0v) is 12.2. The van der Waals surface area contributed by atoms with Crippen LogP contribution in [0.2, 0.25) is 0 Å². The van der Waals surface area contributed by atoms with Crippen molar-refractivity contribution < 1.29 is 14.3 Å². The van der Waals surface area contributed by atoms with Crippen LogP contribution in [0, 0.1) is 11.7 Å². The second kappa shape index (κ2) is 6.14. The van der Waals surface area contributed by atoms with Gasteiger partial charge in [0.25, 0.3) is 5.91 Å². The number of likely N-dealkylation sites (tertiary alicyclic amines) is 1. The van der Waals surface area contributed by atoms with E-state index in [0.29, 0.717) is 5.56 Å². The summed E-state index contributed by atoms with van der Waals surface area (Å²) in [4.78, 5) is 14.5. The van der Waals surface area contributed by atoms with Gasteiger partial charge in [-0.2, -0.15) is 0 Å². The van der Waals surface area contributed by atoms with Gasteiger partial charge in [-0.15, -0.1) is 0 Å². The maximum Gasteiger partial charge on any atom is 0.254 e. The number of hydrogen-bond donors (Lipinski definition) is 1. The first-order valence-electron chi connectivity index (χ1n) is 7.91. The maximum atomic E-state index is 13.0. The van der Waals surface area contributed by atoms with E-state index in [1.54, 1.807) is 12.1 Å².